The van der Waals surface area contributed by atoms with Crippen LogP contribution in [0.2, 0.25) is 0 Å². The zero-order valence-corrected chi connectivity index (χ0v) is 7.30. The Morgan fingerprint density at radius 3 is 1.10 bits per heavy atom. The highest BCUT2D eigenvalue weighted by atomic mass is 32.0. The van der Waals surface area contributed by atoms with E-state index >= 15 is 0 Å². The lowest BCUT2D eigenvalue weighted by molar-refractivity contribution is 2.03. The summed E-state index contributed by atoms with van der Waals surface area (Å²) in [5, 5.41) is 0. The Hall–Kier alpha value is -0.440. The van der Waals surface area contributed by atoms with Gasteiger partial charge in [-0.2, -0.15) is 0 Å². The monoisotopic (exact) mass is 166 g/mol. The fourth-order valence-electron chi connectivity index (χ4n) is 0.959. The van der Waals surface area contributed by atoms with Crippen LogP contribution >= 0.6 is 14.4 Å². The van der Waals surface area contributed by atoms with Gasteiger partial charge in [0.05, 0.1) is 0 Å². The van der Waals surface area contributed by atoms with Gasteiger partial charge in [-0.1, -0.05) is 38.7 Å². The second kappa shape index (κ2) is 2.66. The molecule has 2 heterocycles. The Bertz CT molecular complexity index is 247. The molecule has 0 radical (unpaired) electrons. The lowest BCUT2D eigenvalue weighted by Crippen LogP contribution is -1.29. The molecule has 0 unspecified atom stereocenters. The molecular weight excluding hydrogens is 158 g/mol. The molecule has 2 heteroatoms. The first-order valence-electron chi connectivity index (χ1n) is 3.23. The molecule has 50 valence electrons. The van der Waals surface area contributed by atoms with E-state index in [1.165, 1.54) is 0 Å². The Kier molecular flexibility index (Phi) is 1.67. The molecular formula is C8H8P2. The average Bonchev–Trinajstić information content (AvgIpc) is 2.59. The third kappa shape index (κ3) is 1.06. The van der Waals surface area contributed by atoms with Gasteiger partial charge in [0.15, 0.2) is 0 Å². The van der Waals surface area contributed by atoms with Crippen LogP contribution in [0.3, 0.4) is 0 Å². The van der Waals surface area contributed by atoms with Crippen LogP contribution in [-0.4, -0.2) is 0 Å². The van der Waals surface area contributed by atoms with Crippen molar-refractivity contribution in [1.29, 1.82) is 0 Å². The Morgan fingerprint density at radius 1 is 0.500 bits per heavy atom. The van der Waals surface area contributed by atoms with Crippen LogP contribution in [0.5, 0.6) is 0 Å². The molecule has 0 aromatic carbocycles. The van der Waals surface area contributed by atoms with Crippen molar-refractivity contribution in [2.45, 2.75) is 0 Å². The highest BCUT2D eigenvalue weighted by Crippen LogP contribution is 2.55. The van der Waals surface area contributed by atoms with Crippen molar-refractivity contribution in [2.75, 3.05) is 0 Å². The van der Waals surface area contributed by atoms with Crippen molar-refractivity contribution < 1.29 is 0 Å². The molecule has 0 bridgehead atoms. The number of hydrogen-bond acceptors (Lipinski definition) is 0. The maximum absolute atomic E-state index is 2.33. The van der Waals surface area contributed by atoms with Gasteiger partial charge in [-0.05, 0) is 23.2 Å². The van der Waals surface area contributed by atoms with Crippen molar-refractivity contribution in [3.8, 4) is 0 Å². The quantitative estimate of drug-likeness (QED) is 0.601. The smallest absolute Gasteiger partial charge is 0.0347 e. The molecule has 0 aliphatic heterocycles. The standard InChI is InChI=1S/C8H8P2/c1-2-6-9(5-1)10-7-3-4-8-10/h1-8H. The minimum atomic E-state index is 0.0838. The van der Waals surface area contributed by atoms with E-state index < -0.39 is 0 Å². The van der Waals surface area contributed by atoms with E-state index in [0.29, 0.717) is 0 Å². The zero-order chi connectivity index (χ0) is 6.81. The first-order chi connectivity index (χ1) is 4.97. The van der Waals surface area contributed by atoms with Crippen molar-refractivity contribution in [3.05, 3.63) is 47.5 Å². The van der Waals surface area contributed by atoms with E-state index in [9.17, 15) is 0 Å². The molecule has 0 saturated heterocycles. The number of rotatable bonds is 1. The summed E-state index contributed by atoms with van der Waals surface area (Å²) >= 11 is 0. The molecule has 0 saturated carbocycles. The maximum atomic E-state index is 2.33. The molecule has 2 rings (SSSR count). The van der Waals surface area contributed by atoms with Crippen molar-refractivity contribution in [2.24, 2.45) is 0 Å². The molecule has 0 spiro atoms. The van der Waals surface area contributed by atoms with E-state index in [2.05, 4.69) is 47.5 Å². The van der Waals surface area contributed by atoms with E-state index in [1.54, 1.807) is 0 Å². The van der Waals surface area contributed by atoms with Crippen LogP contribution in [0.4, 0.5) is 0 Å². The first kappa shape index (κ1) is 6.28. The highest BCUT2D eigenvalue weighted by Gasteiger charge is 1.91. The fourth-order valence-corrected chi connectivity index (χ4v) is 5.65. The van der Waals surface area contributed by atoms with Gasteiger partial charge in [0.1, 0.15) is 0 Å². The molecule has 2 aromatic heterocycles. The first-order valence-corrected chi connectivity index (χ1v) is 6.90. The van der Waals surface area contributed by atoms with Gasteiger partial charge in [-0.15, -0.1) is 0 Å². The van der Waals surface area contributed by atoms with Crippen molar-refractivity contribution >= 4 is 14.4 Å². The van der Waals surface area contributed by atoms with Gasteiger partial charge in [0, 0.05) is 0 Å². The van der Waals surface area contributed by atoms with E-state index in [1.807, 2.05) is 0 Å². The minimum absolute atomic E-state index is 0.0838. The molecule has 0 amide bonds. The Labute approximate surface area is 62.5 Å². The normalized spacial score (nSPS) is 10.0. The highest BCUT2D eigenvalue weighted by molar-refractivity contribution is 8.21. The van der Waals surface area contributed by atoms with Gasteiger partial charge >= 0.3 is 0 Å². The van der Waals surface area contributed by atoms with Crippen LogP contribution in [-0.2, 0) is 0 Å². The summed E-state index contributed by atoms with van der Waals surface area (Å²) in [6, 6.07) is 8.64. The summed E-state index contributed by atoms with van der Waals surface area (Å²) in [6.07, 6.45) is 0. The summed E-state index contributed by atoms with van der Waals surface area (Å²) < 4.78 is 0. The van der Waals surface area contributed by atoms with Crippen molar-refractivity contribution in [3.63, 3.8) is 0 Å². The minimum Gasteiger partial charge on any atom is -0.0765 e. The Balaban J connectivity index is 2.48. The molecule has 0 aliphatic carbocycles. The molecule has 0 nitrogen and oxygen atoms in total. The maximum Gasteiger partial charge on any atom is -0.0347 e. The second-order valence-corrected chi connectivity index (χ2v) is 7.61. The molecule has 0 aliphatic rings. The summed E-state index contributed by atoms with van der Waals surface area (Å²) in [5.74, 6) is 9.34. The molecule has 10 heavy (non-hydrogen) atoms. The summed E-state index contributed by atoms with van der Waals surface area (Å²) in [7, 11) is 0.168. The van der Waals surface area contributed by atoms with Crippen LogP contribution < -0.4 is 0 Å². The average molecular weight is 166 g/mol. The number of hydrogen-bond donors (Lipinski definition) is 0. The van der Waals surface area contributed by atoms with Gasteiger partial charge < -0.3 is 0 Å². The summed E-state index contributed by atoms with van der Waals surface area (Å²) in [4.78, 5) is 0. The van der Waals surface area contributed by atoms with Crippen molar-refractivity contribution in [1.82, 2.24) is 0 Å². The fraction of sp³-hybridized carbons (Fsp3) is 0. The Morgan fingerprint density at radius 2 is 0.800 bits per heavy atom. The van der Waals surface area contributed by atoms with Crippen LogP contribution in [0, 0.1) is 0 Å². The summed E-state index contributed by atoms with van der Waals surface area (Å²) in [6.45, 7) is 0. The molecule has 0 fully saturated rings. The van der Waals surface area contributed by atoms with E-state index in [0.717, 1.165) is 0 Å². The SMILES string of the molecule is c1ccp(-p2cccc2)c1. The van der Waals surface area contributed by atoms with E-state index in [4.69, 9.17) is 0 Å². The third-order valence-electron chi connectivity index (χ3n) is 1.44. The predicted octanol–water partition coefficient (Wildman–Crippen LogP) is 3.97. The lowest BCUT2D eigenvalue weighted by atomic mass is 10.7. The molecule has 2 aromatic rings. The predicted molar refractivity (Wildman–Crippen MR) is 49.1 cm³/mol. The molecule has 0 atom stereocenters. The second-order valence-electron chi connectivity index (χ2n) is 2.13. The lowest BCUT2D eigenvalue weighted by Gasteiger charge is -1.90. The van der Waals surface area contributed by atoms with Gasteiger partial charge in [-0.25, -0.2) is 0 Å². The van der Waals surface area contributed by atoms with Crippen LogP contribution in [0.15, 0.2) is 47.5 Å². The third-order valence-corrected chi connectivity index (χ3v) is 7.09. The molecule has 0 N–H and O–H groups in total. The van der Waals surface area contributed by atoms with Crippen LogP contribution in [0.25, 0.3) is 0 Å². The van der Waals surface area contributed by atoms with Gasteiger partial charge in [-0.3, -0.25) is 0 Å². The van der Waals surface area contributed by atoms with E-state index in [-0.39, 0.29) is 14.4 Å². The van der Waals surface area contributed by atoms with Gasteiger partial charge in [0.25, 0.3) is 0 Å². The largest absolute Gasteiger partial charge is 0.0765 e. The zero-order valence-electron chi connectivity index (χ0n) is 5.51. The van der Waals surface area contributed by atoms with Crippen LogP contribution in [0.1, 0.15) is 0 Å². The topological polar surface area (TPSA) is 0 Å². The van der Waals surface area contributed by atoms with Gasteiger partial charge in [0.2, 0.25) is 0 Å². The summed E-state index contributed by atoms with van der Waals surface area (Å²) in [5.41, 5.74) is 0.